The highest BCUT2D eigenvalue weighted by Crippen LogP contribution is 2.42. The molecule has 0 heterocycles. The largest absolute Gasteiger partial charge is 0.547 e. The summed E-state index contributed by atoms with van der Waals surface area (Å²) in [4.78, 5) is 12.8. The summed E-state index contributed by atoms with van der Waals surface area (Å²) in [5.74, 6) is 0.490. The van der Waals surface area contributed by atoms with Crippen LogP contribution in [0, 0.1) is 5.92 Å². The standard InChI is InChI=1S/C22H32O3Si/c1-7-16-14-18(25-26(4,5)6)15-20(19(16)8-2)21(22(23)24-3)17-12-10-9-11-13-17/h9-13,15,20-21H,7-8,14H2,1-6H3. The van der Waals surface area contributed by atoms with E-state index in [-0.39, 0.29) is 17.8 Å². The second-order valence-electron chi connectivity index (χ2n) is 7.80. The minimum Gasteiger partial charge on any atom is -0.547 e. The molecule has 2 atom stereocenters. The van der Waals surface area contributed by atoms with Crippen LogP contribution >= 0.6 is 0 Å². The maximum absolute atomic E-state index is 12.8. The first kappa shape index (κ1) is 20.5. The van der Waals surface area contributed by atoms with Crippen molar-refractivity contribution in [3.8, 4) is 0 Å². The molecule has 0 aromatic heterocycles. The average molecular weight is 373 g/mol. The van der Waals surface area contributed by atoms with Crippen LogP contribution < -0.4 is 0 Å². The van der Waals surface area contributed by atoms with E-state index in [1.807, 2.05) is 30.3 Å². The van der Waals surface area contributed by atoms with Crippen LogP contribution in [0.3, 0.4) is 0 Å². The third kappa shape index (κ3) is 4.88. The number of methoxy groups -OCH3 is 1. The highest BCUT2D eigenvalue weighted by molar-refractivity contribution is 6.70. The van der Waals surface area contributed by atoms with E-state index in [1.165, 1.54) is 18.3 Å². The maximum Gasteiger partial charge on any atom is 0.314 e. The SMILES string of the molecule is CCC1=C(CC)C(C(C(=O)OC)c2ccccc2)C=C(O[Si](C)(C)C)C1. The molecule has 0 fully saturated rings. The van der Waals surface area contributed by atoms with Crippen LogP contribution in [-0.4, -0.2) is 21.4 Å². The van der Waals surface area contributed by atoms with E-state index in [1.54, 1.807) is 0 Å². The van der Waals surface area contributed by atoms with Crippen molar-refractivity contribution in [2.75, 3.05) is 7.11 Å². The molecule has 3 nitrogen and oxygen atoms in total. The highest BCUT2D eigenvalue weighted by atomic mass is 28.4. The number of allylic oxidation sites excluding steroid dienone is 3. The predicted octanol–water partition coefficient (Wildman–Crippen LogP) is 5.82. The first-order valence-electron chi connectivity index (χ1n) is 9.54. The quantitative estimate of drug-likeness (QED) is 0.344. The van der Waals surface area contributed by atoms with Crippen molar-refractivity contribution < 1.29 is 14.0 Å². The van der Waals surface area contributed by atoms with Crippen molar-refractivity contribution in [2.45, 2.75) is 58.7 Å². The number of carbonyl (C=O) groups excluding carboxylic acids is 1. The summed E-state index contributed by atoms with van der Waals surface area (Å²) in [5, 5.41) is 0. The average Bonchev–Trinajstić information content (AvgIpc) is 2.60. The molecule has 0 N–H and O–H groups in total. The van der Waals surface area contributed by atoms with Crippen LogP contribution in [0.5, 0.6) is 0 Å². The minimum absolute atomic E-state index is 0.00935. The summed E-state index contributed by atoms with van der Waals surface area (Å²) >= 11 is 0. The second kappa shape index (κ2) is 8.72. The number of ether oxygens (including phenoxy) is 1. The number of esters is 1. The van der Waals surface area contributed by atoms with Gasteiger partial charge in [0.15, 0.2) is 0 Å². The van der Waals surface area contributed by atoms with Crippen molar-refractivity contribution in [3.63, 3.8) is 0 Å². The van der Waals surface area contributed by atoms with Gasteiger partial charge in [-0.1, -0.05) is 55.3 Å². The Hall–Kier alpha value is -1.81. The molecule has 0 amide bonds. The Morgan fingerprint density at radius 2 is 1.81 bits per heavy atom. The molecule has 4 heteroatoms. The van der Waals surface area contributed by atoms with E-state index in [2.05, 4.69) is 39.6 Å². The van der Waals surface area contributed by atoms with Crippen LogP contribution in [-0.2, 0) is 14.0 Å². The fraction of sp³-hybridized carbons (Fsp3) is 0.500. The van der Waals surface area contributed by atoms with Gasteiger partial charge in [-0.05, 0) is 44.1 Å². The van der Waals surface area contributed by atoms with Gasteiger partial charge in [0.2, 0.25) is 8.32 Å². The number of benzene rings is 1. The number of hydrogen-bond donors (Lipinski definition) is 0. The summed E-state index contributed by atoms with van der Waals surface area (Å²) in [5.41, 5.74) is 3.75. The molecule has 1 aliphatic carbocycles. The predicted molar refractivity (Wildman–Crippen MR) is 109 cm³/mol. The number of rotatable bonds is 7. The Bertz CT molecular complexity index is 683. The molecule has 1 aromatic carbocycles. The summed E-state index contributed by atoms with van der Waals surface area (Å²) in [6, 6.07) is 9.97. The van der Waals surface area contributed by atoms with Gasteiger partial charge in [0.05, 0.1) is 18.8 Å². The molecule has 0 spiro atoms. The molecular weight excluding hydrogens is 340 g/mol. The molecule has 2 rings (SSSR count). The monoisotopic (exact) mass is 372 g/mol. The zero-order valence-electron chi connectivity index (χ0n) is 17.0. The second-order valence-corrected chi connectivity index (χ2v) is 12.2. The Balaban J connectivity index is 2.54. The van der Waals surface area contributed by atoms with Crippen molar-refractivity contribution in [2.24, 2.45) is 5.92 Å². The van der Waals surface area contributed by atoms with Gasteiger partial charge in [-0.15, -0.1) is 0 Å². The summed E-state index contributed by atoms with van der Waals surface area (Å²) in [6.07, 6.45) is 4.97. The third-order valence-corrected chi connectivity index (χ3v) is 5.70. The molecule has 0 aliphatic heterocycles. The van der Waals surface area contributed by atoms with Crippen LogP contribution in [0.2, 0.25) is 19.6 Å². The van der Waals surface area contributed by atoms with Gasteiger partial charge in [0.25, 0.3) is 0 Å². The van der Waals surface area contributed by atoms with Crippen LogP contribution in [0.4, 0.5) is 0 Å². The van der Waals surface area contributed by atoms with Gasteiger partial charge in [-0.3, -0.25) is 4.79 Å². The van der Waals surface area contributed by atoms with Gasteiger partial charge in [0.1, 0.15) is 0 Å². The van der Waals surface area contributed by atoms with Gasteiger partial charge in [0, 0.05) is 12.3 Å². The number of hydrogen-bond acceptors (Lipinski definition) is 3. The minimum atomic E-state index is -1.71. The lowest BCUT2D eigenvalue weighted by atomic mass is 9.74. The maximum atomic E-state index is 12.8. The zero-order valence-corrected chi connectivity index (χ0v) is 18.0. The van der Waals surface area contributed by atoms with Crippen molar-refractivity contribution in [1.82, 2.24) is 0 Å². The zero-order chi connectivity index (χ0) is 19.3. The topological polar surface area (TPSA) is 35.5 Å². The lowest BCUT2D eigenvalue weighted by Gasteiger charge is -2.34. The van der Waals surface area contributed by atoms with E-state index in [0.29, 0.717) is 0 Å². The van der Waals surface area contributed by atoms with Crippen molar-refractivity contribution in [3.05, 3.63) is 58.9 Å². The summed E-state index contributed by atoms with van der Waals surface area (Å²) < 4.78 is 11.5. The number of carbonyl (C=O) groups is 1. The van der Waals surface area contributed by atoms with E-state index in [4.69, 9.17) is 9.16 Å². The molecule has 2 unspecified atom stereocenters. The van der Waals surface area contributed by atoms with Crippen LogP contribution in [0.15, 0.2) is 53.3 Å². The van der Waals surface area contributed by atoms with Gasteiger partial charge < -0.3 is 9.16 Å². The highest BCUT2D eigenvalue weighted by Gasteiger charge is 2.35. The molecule has 0 saturated carbocycles. The molecule has 0 radical (unpaired) electrons. The van der Waals surface area contributed by atoms with E-state index in [0.717, 1.165) is 30.6 Å². The fourth-order valence-electron chi connectivity index (χ4n) is 3.80. The van der Waals surface area contributed by atoms with Crippen LogP contribution in [0.25, 0.3) is 0 Å². The van der Waals surface area contributed by atoms with Gasteiger partial charge in [-0.2, -0.15) is 0 Å². The molecule has 0 bridgehead atoms. The summed E-state index contributed by atoms with van der Waals surface area (Å²) in [6.45, 7) is 11.0. The van der Waals surface area contributed by atoms with E-state index >= 15 is 0 Å². The van der Waals surface area contributed by atoms with Crippen LogP contribution in [0.1, 0.15) is 44.6 Å². The first-order chi connectivity index (χ1) is 12.3. The molecular formula is C22H32O3Si. The van der Waals surface area contributed by atoms with Gasteiger partial charge >= 0.3 is 5.97 Å². The Morgan fingerprint density at radius 1 is 1.15 bits per heavy atom. The van der Waals surface area contributed by atoms with Gasteiger partial charge in [-0.25, -0.2) is 0 Å². The van der Waals surface area contributed by atoms with Crippen molar-refractivity contribution in [1.29, 1.82) is 0 Å². The van der Waals surface area contributed by atoms with E-state index in [9.17, 15) is 4.79 Å². The molecule has 142 valence electrons. The van der Waals surface area contributed by atoms with E-state index < -0.39 is 8.32 Å². The molecule has 1 aromatic rings. The fourth-order valence-corrected chi connectivity index (χ4v) is 4.72. The summed E-state index contributed by atoms with van der Waals surface area (Å²) in [7, 11) is -0.233. The first-order valence-corrected chi connectivity index (χ1v) is 12.9. The Labute approximate surface area is 159 Å². The Kier molecular flexibility index (Phi) is 6.87. The smallest absolute Gasteiger partial charge is 0.314 e. The normalized spacial score (nSPS) is 19.0. The lowest BCUT2D eigenvalue weighted by molar-refractivity contribution is -0.143. The molecule has 1 aliphatic rings. The Morgan fingerprint density at radius 3 is 2.31 bits per heavy atom. The van der Waals surface area contributed by atoms with Crippen molar-refractivity contribution >= 4 is 14.3 Å². The molecule has 26 heavy (non-hydrogen) atoms. The lowest BCUT2D eigenvalue weighted by Crippen LogP contribution is -2.29. The third-order valence-electron chi connectivity index (χ3n) is 4.83. The molecule has 0 saturated heterocycles.